The van der Waals surface area contributed by atoms with Crippen molar-refractivity contribution >= 4 is 0 Å². The van der Waals surface area contributed by atoms with Crippen molar-refractivity contribution in [2.45, 2.75) is 0 Å². The standard InChI is InChI=1S/C8H6FN3/c9-8-6(2-1-3-11-8)7-4-10-5-12-7/h1-5H,(H,10,12). The fourth-order valence-corrected chi connectivity index (χ4v) is 0.990. The van der Waals surface area contributed by atoms with Gasteiger partial charge in [0.15, 0.2) is 0 Å². The lowest BCUT2D eigenvalue weighted by molar-refractivity contribution is 0.587. The Kier molecular flexibility index (Phi) is 1.59. The van der Waals surface area contributed by atoms with Gasteiger partial charge in [0.25, 0.3) is 0 Å². The van der Waals surface area contributed by atoms with Gasteiger partial charge in [-0.25, -0.2) is 9.97 Å². The van der Waals surface area contributed by atoms with Gasteiger partial charge in [0.05, 0.1) is 23.8 Å². The molecule has 60 valence electrons. The number of imidazole rings is 1. The minimum atomic E-state index is -0.484. The summed E-state index contributed by atoms with van der Waals surface area (Å²) < 4.78 is 13.0. The Balaban J connectivity index is 2.55. The summed E-state index contributed by atoms with van der Waals surface area (Å²) >= 11 is 0. The lowest BCUT2D eigenvalue weighted by Gasteiger charge is -1.96. The van der Waals surface area contributed by atoms with Crippen molar-refractivity contribution in [2.75, 3.05) is 0 Å². The third-order valence-corrected chi connectivity index (χ3v) is 1.55. The lowest BCUT2D eigenvalue weighted by atomic mass is 10.2. The van der Waals surface area contributed by atoms with Crippen LogP contribution in [-0.2, 0) is 0 Å². The van der Waals surface area contributed by atoms with Crippen molar-refractivity contribution in [2.24, 2.45) is 0 Å². The molecule has 0 radical (unpaired) electrons. The van der Waals surface area contributed by atoms with Gasteiger partial charge >= 0.3 is 0 Å². The minimum Gasteiger partial charge on any atom is -0.344 e. The second kappa shape index (κ2) is 2.73. The summed E-state index contributed by atoms with van der Waals surface area (Å²) in [6.07, 6.45) is 4.47. The highest BCUT2D eigenvalue weighted by atomic mass is 19.1. The molecule has 2 heterocycles. The number of pyridine rings is 1. The minimum absolute atomic E-state index is 0.440. The van der Waals surface area contributed by atoms with E-state index in [1.165, 1.54) is 12.5 Å². The normalized spacial score (nSPS) is 10.1. The molecule has 2 aromatic heterocycles. The maximum absolute atomic E-state index is 13.0. The van der Waals surface area contributed by atoms with Crippen LogP contribution in [0.3, 0.4) is 0 Å². The Morgan fingerprint density at radius 1 is 1.42 bits per heavy atom. The molecule has 0 unspecified atom stereocenters. The number of aromatic nitrogens is 3. The summed E-state index contributed by atoms with van der Waals surface area (Å²) in [4.78, 5) is 10.1. The maximum atomic E-state index is 13.0. The Bertz CT molecular complexity index is 370. The topological polar surface area (TPSA) is 41.6 Å². The average Bonchev–Trinajstić information content (AvgIpc) is 2.57. The van der Waals surface area contributed by atoms with Crippen molar-refractivity contribution in [3.63, 3.8) is 0 Å². The lowest BCUT2D eigenvalue weighted by Crippen LogP contribution is -1.86. The summed E-state index contributed by atoms with van der Waals surface area (Å²) in [5.41, 5.74) is 1.08. The molecule has 0 aromatic carbocycles. The monoisotopic (exact) mass is 163 g/mol. The van der Waals surface area contributed by atoms with Crippen LogP contribution in [0.15, 0.2) is 30.9 Å². The SMILES string of the molecule is Fc1ncccc1-c1cnc[nH]1. The van der Waals surface area contributed by atoms with Gasteiger partial charge in [-0.3, -0.25) is 0 Å². The van der Waals surface area contributed by atoms with Gasteiger partial charge in [-0.15, -0.1) is 0 Å². The fourth-order valence-electron chi connectivity index (χ4n) is 0.990. The Morgan fingerprint density at radius 2 is 2.33 bits per heavy atom. The van der Waals surface area contributed by atoms with Crippen molar-refractivity contribution in [1.82, 2.24) is 15.0 Å². The number of rotatable bonds is 1. The number of H-pyrrole nitrogens is 1. The molecule has 0 spiro atoms. The third kappa shape index (κ3) is 1.07. The maximum Gasteiger partial charge on any atom is 0.222 e. The van der Waals surface area contributed by atoms with Crippen LogP contribution in [0, 0.1) is 5.95 Å². The molecule has 0 saturated heterocycles. The largest absolute Gasteiger partial charge is 0.344 e. The molecule has 2 rings (SSSR count). The first-order valence-electron chi connectivity index (χ1n) is 3.47. The van der Waals surface area contributed by atoms with Gasteiger partial charge in [0, 0.05) is 6.20 Å². The first kappa shape index (κ1) is 6.97. The van der Waals surface area contributed by atoms with Crippen molar-refractivity contribution < 1.29 is 4.39 Å². The van der Waals surface area contributed by atoms with Crippen LogP contribution in [0.25, 0.3) is 11.3 Å². The summed E-state index contributed by atoms with van der Waals surface area (Å²) in [6.45, 7) is 0. The molecule has 0 saturated carbocycles. The predicted molar refractivity (Wildman–Crippen MR) is 41.8 cm³/mol. The molecule has 0 atom stereocenters. The van der Waals surface area contributed by atoms with E-state index >= 15 is 0 Å². The Labute approximate surface area is 68.3 Å². The second-order valence-corrected chi connectivity index (χ2v) is 2.31. The molecule has 12 heavy (non-hydrogen) atoms. The third-order valence-electron chi connectivity index (χ3n) is 1.55. The molecular formula is C8H6FN3. The zero-order chi connectivity index (χ0) is 8.39. The van der Waals surface area contributed by atoms with Gasteiger partial charge in [-0.1, -0.05) is 0 Å². The first-order valence-corrected chi connectivity index (χ1v) is 3.47. The van der Waals surface area contributed by atoms with Gasteiger partial charge in [-0.05, 0) is 12.1 Å². The first-order chi connectivity index (χ1) is 5.88. The van der Waals surface area contributed by atoms with Crippen molar-refractivity contribution in [3.8, 4) is 11.3 Å². The molecular weight excluding hydrogens is 157 g/mol. The Morgan fingerprint density at radius 3 is 3.00 bits per heavy atom. The van der Waals surface area contributed by atoms with E-state index in [0.717, 1.165) is 0 Å². The number of hydrogen-bond acceptors (Lipinski definition) is 2. The van der Waals surface area contributed by atoms with Crippen molar-refractivity contribution in [1.29, 1.82) is 0 Å². The van der Waals surface area contributed by atoms with Crippen LogP contribution in [0.2, 0.25) is 0 Å². The summed E-state index contributed by atoms with van der Waals surface area (Å²) in [5, 5.41) is 0. The predicted octanol–water partition coefficient (Wildman–Crippen LogP) is 1.61. The average molecular weight is 163 g/mol. The van der Waals surface area contributed by atoms with E-state index in [9.17, 15) is 4.39 Å². The van der Waals surface area contributed by atoms with Crippen LogP contribution in [0.5, 0.6) is 0 Å². The molecule has 0 aliphatic heterocycles. The molecule has 0 fully saturated rings. The summed E-state index contributed by atoms with van der Waals surface area (Å²) in [5.74, 6) is -0.484. The van der Waals surface area contributed by atoms with E-state index in [2.05, 4.69) is 15.0 Å². The molecule has 0 amide bonds. The number of nitrogens with one attached hydrogen (secondary N) is 1. The number of hydrogen-bond donors (Lipinski definition) is 1. The van der Waals surface area contributed by atoms with E-state index in [1.807, 2.05) is 0 Å². The highest BCUT2D eigenvalue weighted by molar-refractivity contribution is 5.56. The molecule has 2 aromatic rings. The van der Waals surface area contributed by atoms with E-state index in [0.29, 0.717) is 11.3 Å². The summed E-state index contributed by atoms with van der Waals surface area (Å²) in [6, 6.07) is 3.33. The van der Waals surface area contributed by atoms with E-state index in [-0.39, 0.29) is 0 Å². The fraction of sp³-hybridized carbons (Fsp3) is 0. The molecule has 1 N–H and O–H groups in total. The zero-order valence-corrected chi connectivity index (χ0v) is 6.16. The molecule has 0 aliphatic rings. The van der Waals surface area contributed by atoms with Crippen molar-refractivity contribution in [3.05, 3.63) is 36.8 Å². The van der Waals surface area contributed by atoms with E-state index in [4.69, 9.17) is 0 Å². The molecule has 3 nitrogen and oxygen atoms in total. The molecule has 4 heteroatoms. The summed E-state index contributed by atoms with van der Waals surface area (Å²) in [7, 11) is 0. The smallest absolute Gasteiger partial charge is 0.222 e. The zero-order valence-electron chi connectivity index (χ0n) is 6.16. The Hall–Kier alpha value is -1.71. The van der Waals surface area contributed by atoms with Crippen LogP contribution in [0.1, 0.15) is 0 Å². The van der Waals surface area contributed by atoms with Gasteiger partial charge in [-0.2, -0.15) is 4.39 Å². The van der Waals surface area contributed by atoms with E-state index in [1.54, 1.807) is 18.3 Å². The quantitative estimate of drug-likeness (QED) is 0.649. The van der Waals surface area contributed by atoms with Gasteiger partial charge < -0.3 is 4.98 Å². The van der Waals surface area contributed by atoms with Gasteiger partial charge in [0.1, 0.15) is 0 Å². The highest BCUT2D eigenvalue weighted by Crippen LogP contribution is 2.16. The van der Waals surface area contributed by atoms with Crippen LogP contribution < -0.4 is 0 Å². The molecule has 0 aliphatic carbocycles. The van der Waals surface area contributed by atoms with Crippen LogP contribution in [0.4, 0.5) is 4.39 Å². The second-order valence-electron chi connectivity index (χ2n) is 2.31. The van der Waals surface area contributed by atoms with Gasteiger partial charge in [0.2, 0.25) is 5.95 Å². The highest BCUT2D eigenvalue weighted by Gasteiger charge is 2.04. The number of halogens is 1. The molecule has 0 bridgehead atoms. The number of nitrogens with zero attached hydrogens (tertiary/aromatic N) is 2. The van der Waals surface area contributed by atoms with E-state index < -0.39 is 5.95 Å². The van der Waals surface area contributed by atoms with Crippen LogP contribution >= 0.6 is 0 Å². The number of aromatic amines is 1. The van der Waals surface area contributed by atoms with Crippen LogP contribution in [-0.4, -0.2) is 15.0 Å².